The van der Waals surface area contributed by atoms with E-state index in [-0.39, 0.29) is 0 Å². The molecule has 2 aromatic rings. The Morgan fingerprint density at radius 2 is 0.857 bits per heavy atom. The van der Waals surface area contributed by atoms with Crippen molar-refractivity contribution in [3.63, 3.8) is 0 Å². The summed E-state index contributed by atoms with van der Waals surface area (Å²) in [6.07, 6.45) is 2.60. The molecule has 0 atom stereocenters. The van der Waals surface area contributed by atoms with Crippen LogP contribution in [-0.2, 0) is 12.8 Å². The van der Waals surface area contributed by atoms with Crippen molar-refractivity contribution in [2.45, 2.75) is 12.8 Å². The number of rotatable bonds is 0. The zero-order valence-corrected chi connectivity index (χ0v) is 8.19. The molecule has 1 aliphatic rings. The van der Waals surface area contributed by atoms with E-state index >= 15 is 0 Å². The van der Waals surface area contributed by atoms with Crippen molar-refractivity contribution in [3.05, 3.63) is 71.8 Å². The van der Waals surface area contributed by atoms with Gasteiger partial charge >= 0.3 is 0 Å². The smallest absolute Gasteiger partial charge is 0.0235 e. The monoisotopic (exact) mass is 182 g/mol. The van der Waals surface area contributed by atoms with Crippen LogP contribution < -0.4 is 0 Å². The van der Waals surface area contributed by atoms with Crippen molar-refractivity contribution in [1.82, 2.24) is 0 Å². The van der Waals surface area contributed by atoms with Crippen LogP contribution in [-0.4, -0.2) is 0 Å². The molecule has 0 unspecified atom stereocenters. The lowest BCUT2D eigenvalue weighted by Crippen LogP contribution is -2.06. The van der Waals surface area contributed by atoms with Gasteiger partial charge in [0.2, 0.25) is 0 Å². The molecule has 1 aliphatic carbocycles. The first-order valence-electron chi connectivity index (χ1n) is 5.03. The number of aryl methyl sites for hydroxylation is 2. The standard InChI is InChI=1S/C8H8.C6H6/c1-2-4-8-6-5-7(8)3-1;1-2-4-6-5-3-1/h1-4H,5-6H2;1-6H. The van der Waals surface area contributed by atoms with Gasteiger partial charge in [-0.1, -0.05) is 60.7 Å². The Hall–Kier alpha value is -1.56. The third-order valence-corrected chi connectivity index (χ3v) is 2.45. The third kappa shape index (κ3) is 2.23. The van der Waals surface area contributed by atoms with Crippen molar-refractivity contribution in [1.29, 1.82) is 0 Å². The summed E-state index contributed by atoms with van der Waals surface area (Å²) in [5, 5.41) is 0. The first-order chi connectivity index (χ1) is 6.97. The number of fused-ring (bicyclic) bond motifs is 1. The highest BCUT2D eigenvalue weighted by atomic mass is 14.1. The van der Waals surface area contributed by atoms with E-state index < -0.39 is 0 Å². The summed E-state index contributed by atoms with van der Waals surface area (Å²) >= 11 is 0. The lowest BCUT2D eigenvalue weighted by Gasteiger charge is -2.16. The maximum atomic E-state index is 2.21. The Labute approximate surface area is 85.2 Å². The minimum absolute atomic E-state index is 1.30. The molecule has 14 heavy (non-hydrogen) atoms. The third-order valence-electron chi connectivity index (χ3n) is 2.45. The predicted molar refractivity (Wildman–Crippen MR) is 60.3 cm³/mol. The van der Waals surface area contributed by atoms with Gasteiger partial charge in [-0.25, -0.2) is 0 Å². The van der Waals surface area contributed by atoms with Crippen molar-refractivity contribution in [3.8, 4) is 0 Å². The lowest BCUT2D eigenvalue weighted by atomic mass is 9.89. The summed E-state index contributed by atoms with van der Waals surface area (Å²) in [7, 11) is 0. The van der Waals surface area contributed by atoms with Gasteiger partial charge < -0.3 is 0 Å². The lowest BCUT2D eigenvalue weighted by molar-refractivity contribution is 0.839. The molecule has 0 aromatic heterocycles. The summed E-state index contributed by atoms with van der Waals surface area (Å²) in [6.45, 7) is 0. The van der Waals surface area contributed by atoms with Crippen LogP contribution in [0.25, 0.3) is 0 Å². The van der Waals surface area contributed by atoms with E-state index in [0.717, 1.165) is 0 Å². The molecule has 70 valence electrons. The quantitative estimate of drug-likeness (QED) is 0.585. The van der Waals surface area contributed by atoms with E-state index in [2.05, 4.69) is 24.3 Å². The molecule has 0 nitrogen and oxygen atoms in total. The van der Waals surface area contributed by atoms with Crippen LogP contribution in [0.15, 0.2) is 60.7 Å². The van der Waals surface area contributed by atoms with Crippen molar-refractivity contribution < 1.29 is 0 Å². The highest BCUT2D eigenvalue weighted by Crippen LogP contribution is 2.20. The van der Waals surface area contributed by atoms with E-state index in [9.17, 15) is 0 Å². The van der Waals surface area contributed by atoms with Gasteiger partial charge in [-0.05, 0) is 24.0 Å². The molecule has 0 heterocycles. The molecule has 3 rings (SSSR count). The predicted octanol–water partition coefficient (Wildman–Crippen LogP) is 3.47. The van der Waals surface area contributed by atoms with Gasteiger partial charge in [0.05, 0.1) is 0 Å². The van der Waals surface area contributed by atoms with E-state index in [1.165, 1.54) is 12.8 Å². The van der Waals surface area contributed by atoms with E-state index in [4.69, 9.17) is 0 Å². The fourth-order valence-electron chi connectivity index (χ4n) is 1.52. The van der Waals surface area contributed by atoms with Gasteiger partial charge in [0.25, 0.3) is 0 Å². The minimum Gasteiger partial charge on any atom is -0.0623 e. The second-order valence-electron chi connectivity index (χ2n) is 3.42. The molecule has 0 saturated carbocycles. The van der Waals surface area contributed by atoms with Gasteiger partial charge in [-0.3, -0.25) is 0 Å². The van der Waals surface area contributed by atoms with Gasteiger partial charge in [0.15, 0.2) is 0 Å². The SMILES string of the molecule is c1ccc2c(c1)CC2.c1ccccc1. The molecule has 0 aliphatic heterocycles. The summed E-state index contributed by atoms with van der Waals surface area (Å²) in [5.41, 5.74) is 3.10. The van der Waals surface area contributed by atoms with Gasteiger partial charge in [-0.15, -0.1) is 0 Å². The fraction of sp³-hybridized carbons (Fsp3) is 0.143. The summed E-state index contributed by atoms with van der Waals surface area (Å²) in [5.74, 6) is 0. The highest BCUT2D eigenvalue weighted by molar-refractivity contribution is 5.34. The summed E-state index contributed by atoms with van der Waals surface area (Å²) in [4.78, 5) is 0. The second kappa shape index (κ2) is 4.61. The van der Waals surface area contributed by atoms with Crippen molar-refractivity contribution >= 4 is 0 Å². The highest BCUT2D eigenvalue weighted by Gasteiger charge is 2.09. The van der Waals surface area contributed by atoms with E-state index in [1.54, 1.807) is 11.1 Å². The Balaban J connectivity index is 0.000000112. The summed E-state index contributed by atoms with van der Waals surface area (Å²) < 4.78 is 0. The van der Waals surface area contributed by atoms with E-state index in [0.29, 0.717) is 0 Å². The Kier molecular flexibility index (Phi) is 2.97. The average molecular weight is 182 g/mol. The maximum absolute atomic E-state index is 2.21. The normalized spacial score (nSPS) is 11.7. The van der Waals surface area contributed by atoms with E-state index in [1.807, 2.05) is 36.4 Å². The second-order valence-corrected chi connectivity index (χ2v) is 3.42. The molecule has 0 heteroatoms. The molecule has 2 aromatic carbocycles. The first-order valence-corrected chi connectivity index (χ1v) is 5.03. The number of benzene rings is 2. The molecular weight excluding hydrogens is 168 g/mol. The van der Waals surface area contributed by atoms with Crippen LogP contribution in [0.3, 0.4) is 0 Å². The minimum atomic E-state index is 1.30. The average Bonchev–Trinajstić information content (AvgIpc) is 2.24. The van der Waals surface area contributed by atoms with Crippen LogP contribution in [0.1, 0.15) is 11.1 Å². The zero-order chi connectivity index (χ0) is 9.64. The molecule has 0 fully saturated rings. The van der Waals surface area contributed by atoms with Crippen molar-refractivity contribution in [2.24, 2.45) is 0 Å². The van der Waals surface area contributed by atoms with Crippen LogP contribution in [0.5, 0.6) is 0 Å². The fourth-order valence-corrected chi connectivity index (χ4v) is 1.52. The Morgan fingerprint density at radius 1 is 0.500 bits per heavy atom. The zero-order valence-electron chi connectivity index (χ0n) is 8.19. The molecule has 0 saturated heterocycles. The van der Waals surface area contributed by atoms with Crippen LogP contribution >= 0.6 is 0 Å². The van der Waals surface area contributed by atoms with Gasteiger partial charge in [-0.2, -0.15) is 0 Å². The van der Waals surface area contributed by atoms with Crippen LogP contribution in [0.2, 0.25) is 0 Å². The molecular formula is C14H14. The molecule has 0 spiro atoms. The topological polar surface area (TPSA) is 0 Å². The number of hydrogen-bond donors (Lipinski definition) is 0. The molecule has 0 amide bonds. The van der Waals surface area contributed by atoms with Gasteiger partial charge in [0.1, 0.15) is 0 Å². The van der Waals surface area contributed by atoms with Crippen LogP contribution in [0, 0.1) is 0 Å². The van der Waals surface area contributed by atoms with Crippen molar-refractivity contribution in [2.75, 3.05) is 0 Å². The van der Waals surface area contributed by atoms with Gasteiger partial charge in [0, 0.05) is 0 Å². The molecule has 0 bridgehead atoms. The Bertz CT molecular complexity index is 327. The maximum Gasteiger partial charge on any atom is -0.0235 e. The Morgan fingerprint density at radius 3 is 1.07 bits per heavy atom. The van der Waals surface area contributed by atoms with Crippen LogP contribution in [0.4, 0.5) is 0 Å². The largest absolute Gasteiger partial charge is 0.0623 e. The molecule has 0 radical (unpaired) electrons. The summed E-state index contributed by atoms with van der Waals surface area (Å²) in [6, 6.07) is 20.6. The number of hydrogen-bond acceptors (Lipinski definition) is 0. The first kappa shape index (κ1) is 9.01. The molecule has 0 N–H and O–H groups in total.